The van der Waals surface area contributed by atoms with E-state index in [1.54, 1.807) is 6.07 Å². The van der Waals surface area contributed by atoms with Gasteiger partial charge in [-0.15, -0.1) is 0 Å². The van der Waals surface area contributed by atoms with E-state index in [1.807, 2.05) is 6.92 Å². The molecule has 1 unspecified atom stereocenters. The first-order chi connectivity index (χ1) is 12.5. The summed E-state index contributed by atoms with van der Waals surface area (Å²) < 4.78 is 28.8. The second-order valence-corrected chi connectivity index (χ2v) is 7.63. The lowest BCUT2D eigenvalue weighted by molar-refractivity contribution is 0.199. The van der Waals surface area contributed by atoms with Crippen molar-refractivity contribution in [1.82, 2.24) is 14.7 Å². The molecule has 2 aromatic rings. The topological polar surface area (TPSA) is 24.3 Å². The molecule has 4 nitrogen and oxygen atoms in total. The van der Waals surface area contributed by atoms with Gasteiger partial charge in [-0.2, -0.15) is 5.10 Å². The molecule has 1 atom stereocenters. The normalized spacial score (nSPS) is 22.3. The van der Waals surface area contributed by atoms with Crippen molar-refractivity contribution >= 4 is 5.69 Å². The highest BCUT2D eigenvalue weighted by atomic mass is 19.2. The molecule has 1 aromatic heterocycles. The zero-order chi connectivity index (χ0) is 18.3. The standard InChI is InChI=1S/C20H26F2N4/c1-14-11-15(2)26(23-14)18-7-10-25(13-18)16-5-8-24(9-6-16)17-3-4-19(21)20(22)12-17/h3-4,11-12,16,18H,5-10,13H2,1-2H3. The van der Waals surface area contributed by atoms with Crippen LogP contribution in [0.3, 0.4) is 0 Å². The van der Waals surface area contributed by atoms with E-state index in [0.29, 0.717) is 12.1 Å². The van der Waals surface area contributed by atoms with Crippen LogP contribution in [-0.2, 0) is 0 Å². The monoisotopic (exact) mass is 360 g/mol. The van der Waals surface area contributed by atoms with Crippen molar-refractivity contribution in [3.63, 3.8) is 0 Å². The molecule has 140 valence electrons. The summed E-state index contributed by atoms with van der Waals surface area (Å²) in [5.41, 5.74) is 3.10. The molecule has 0 N–H and O–H groups in total. The van der Waals surface area contributed by atoms with E-state index in [4.69, 9.17) is 0 Å². The first-order valence-corrected chi connectivity index (χ1v) is 9.48. The molecular formula is C20H26F2N4. The highest BCUT2D eigenvalue weighted by molar-refractivity contribution is 5.47. The fourth-order valence-electron chi connectivity index (χ4n) is 4.49. The third kappa shape index (κ3) is 3.34. The molecule has 0 radical (unpaired) electrons. The van der Waals surface area contributed by atoms with Gasteiger partial charge in [0.25, 0.3) is 0 Å². The summed E-state index contributed by atoms with van der Waals surface area (Å²) in [6.45, 7) is 8.11. The van der Waals surface area contributed by atoms with Crippen LogP contribution in [0.15, 0.2) is 24.3 Å². The lowest BCUT2D eigenvalue weighted by Gasteiger charge is -2.38. The number of aromatic nitrogens is 2. The van der Waals surface area contributed by atoms with Crippen molar-refractivity contribution in [3.8, 4) is 0 Å². The molecule has 0 spiro atoms. The second-order valence-electron chi connectivity index (χ2n) is 7.63. The summed E-state index contributed by atoms with van der Waals surface area (Å²) in [6.07, 6.45) is 3.26. The van der Waals surface area contributed by atoms with Crippen LogP contribution in [0.5, 0.6) is 0 Å². The molecule has 6 heteroatoms. The van der Waals surface area contributed by atoms with Gasteiger partial charge in [-0.25, -0.2) is 8.78 Å². The summed E-state index contributed by atoms with van der Waals surface area (Å²) in [4.78, 5) is 4.75. The van der Waals surface area contributed by atoms with Crippen LogP contribution < -0.4 is 4.90 Å². The van der Waals surface area contributed by atoms with Crippen LogP contribution in [-0.4, -0.2) is 46.9 Å². The lowest BCUT2D eigenvalue weighted by Crippen LogP contribution is -2.44. The molecule has 26 heavy (non-hydrogen) atoms. The Bertz CT molecular complexity index is 780. The molecule has 3 heterocycles. The Hall–Kier alpha value is -1.95. The number of nitrogens with zero attached hydrogens (tertiary/aromatic N) is 4. The molecule has 4 rings (SSSR count). The fourth-order valence-corrected chi connectivity index (χ4v) is 4.49. The van der Waals surface area contributed by atoms with Gasteiger partial charge in [0.2, 0.25) is 0 Å². The average molecular weight is 360 g/mol. The van der Waals surface area contributed by atoms with Crippen molar-refractivity contribution in [2.45, 2.75) is 45.2 Å². The fraction of sp³-hybridized carbons (Fsp3) is 0.550. The first kappa shape index (κ1) is 17.5. The SMILES string of the molecule is Cc1cc(C)n(C2CCN(C3CCN(c4ccc(F)c(F)c4)CC3)C2)n1. The van der Waals surface area contributed by atoms with Gasteiger partial charge < -0.3 is 4.90 Å². The summed E-state index contributed by atoms with van der Waals surface area (Å²) in [5.74, 6) is -1.55. The zero-order valence-electron chi connectivity index (χ0n) is 15.5. The smallest absolute Gasteiger partial charge is 0.160 e. The Morgan fingerprint density at radius 2 is 1.65 bits per heavy atom. The van der Waals surface area contributed by atoms with Gasteiger partial charge in [0.1, 0.15) is 0 Å². The second kappa shape index (κ2) is 6.99. The van der Waals surface area contributed by atoms with Gasteiger partial charge >= 0.3 is 0 Å². The van der Waals surface area contributed by atoms with Gasteiger partial charge in [0, 0.05) is 49.7 Å². The van der Waals surface area contributed by atoms with Crippen LogP contribution in [0.1, 0.15) is 36.7 Å². The average Bonchev–Trinajstić information content (AvgIpc) is 3.24. The summed E-state index contributed by atoms with van der Waals surface area (Å²) in [7, 11) is 0. The van der Waals surface area contributed by atoms with E-state index in [9.17, 15) is 8.78 Å². The number of piperidine rings is 1. The van der Waals surface area contributed by atoms with E-state index in [2.05, 4.69) is 32.6 Å². The maximum absolute atomic E-state index is 13.5. The Balaban J connectivity index is 1.35. The van der Waals surface area contributed by atoms with Gasteiger partial charge in [-0.1, -0.05) is 0 Å². The van der Waals surface area contributed by atoms with Crippen LogP contribution in [0.25, 0.3) is 0 Å². The van der Waals surface area contributed by atoms with E-state index in [1.165, 1.54) is 17.8 Å². The Kier molecular flexibility index (Phi) is 4.69. The third-order valence-electron chi connectivity index (χ3n) is 5.83. The Morgan fingerprint density at radius 3 is 2.31 bits per heavy atom. The van der Waals surface area contributed by atoms with Crippen LogP contribution in [0, 0.1) is 25.5 Å². The summed E-state index contributed by atoms with van der Waals surface area (Å²) in [6, 6.07) is 7.38. The van der Waals surface area contributed by atoms with Gasteiger partial charge in [-0.05, 0) is 51.3 Å². The molecule has 1 aromatic carbocycles. The largest absolute Gasteiger partial charge is 0.371 e. The van der Waals surface area contributed by atoms with E-state index in [0.717, 1.165) is 56.8 Å². The number of hydrogen-bond acceptors (Lipinski definition) is 3. The third-order valence-corrected chi connectivity index (χ3v) is 5.83. The minimum absolute atomic E-state index is 0.466. The number of halogens is 2. The van der Waals surface area contributed by atoms with Crippen molar-refractivity contribution < 1.29 is 8.78 Å². The predicted molar refractivity (Wildman–Crippen MR) is 98.5 cm³/mol. The van der Waals surface area contributed by atoms with Gasteiger partial charge in [0.05, 0.1) is 11.7 Å². The van der Waals surface area contributed by atoms with Crippen molar-refractivity contribution in [2.75, 3.05) is 31.1 Å². The molecule has 2 fully saturated rings. The minimum Gasteiger partial charge on any atom is -0.371 e. The number of likely N-dealkylation sites (tertiary alicyclic amines) is 1. The van der Waals surface area contributed by atoms with Crippen LogP contribution in [0.4, 0.5) is 14.5 Å². The molecule has 0 amide bonds. The molecule has 0 saturated carbocycles. The number of anilines is 1. The van der Waals surface area contributed by atoms with E-state index < -0.39 is 11.6 Å². The maximum atomic E-state index is 13.5. The van der Waals surface area contributed by atoms with Gasteiger partial charge in [0.15, 0.2) is 11.6 Å². The van der Waals surface area contributed by atoms with E-state index >= 15 is 0 Å². The highest BCUT2D eigenvalue weighted by Gasteiger charge is 2.32. The molecular weight excluding hydrogens is 334 g/mol. The van der Waals surface area contributed by atoms with Crippen LogP contribution in [0.2, 0.25) is 0 Å². The number of benzene rings is 1. The Labute approximate surface area is 153 Å². The number of rotatable bonds is 3. The maximum Gasteiger partial charge on any atom is 0.160 e. The van der Waals surface area contributed by atoms with E-state index in [-0.39, 0.29) is 0 Å². The molecule has 0 aliphatic carbocycles. The van der Waals surface area contributed by atoms with Crippen molar-refractivity contribution in [2.24, 2.45) is 0 Å². The molecule has 2 saturated heterocycles. The minimum atomic E-state index is -0.782. The molecule has 2 aliphatic heterocycles. The zero-order valence-corrected chi connectivity index (χ0v) is 15.5. The number of aryl methyl sites for hydroxylation is 2. The molecule has 0 bridgehead atoms. The van der Waals surface area contributed by atoms with Crippen molar-refractivity contribution in [1.29, 1.82) is 0 Å². The Morgan fingerprint density at radius 1 is 0.923 bits per heavy atom. The lowest BCUT2D eigenvalue weighted by atomic mass is 10.0. The number of hydrogen-bond donors (Lipinski definition) is 0. The van der Waals surface area contributed by atoms with Crippen LogP contribution >= 0.6 is 0 Å². The van der Waals surface area contributed by atoms with Crippen molar-refractivity contribution in [3.05, 3.63) is 47.3 Å². The first-order valence-electron chi connectivity index (χ1n) is 9.48. The van der Waals surface area contributed by atoms with Gasteiger partial charge in [-0.3, -0.25) is 9.58 Å². The quantitative estimate of drug-likeness (QED) is 0.834. The predicted octanol–water partition coefficient (Wildman–Crippen LogP) is 3.69. The highest BCUT2D eigenvalue weighted by Crippen LogP contribution is 2.29. The summed E-state index contributed by atoms with van der Waals surface area (Å²) in [5, 5.41) is 4.65. The summed E-state index contributed by atoms with van der Waals surface area (Å²) >= 11 is 0. The molecule has 2 aliphatic rings.